The minimum absolute atomic E-state index is 0.0560. The van der Waals surface area contributed by atoms with Crippen LogP contribution in [0.4, 0.5) is 0 Å². The molecule has 174 valence electrons. The first-order valence-corrected chi connectivity index (χ1v) is 11.3. The lowest BCUT2D eigenvalue weighted by Gasteiger charge is -2.17. The number of thiazole rings is 1. The number of amides is 2. The minimum Gasteiger partial charge on any atom is -0.297 e. The average Bonchev–Trinajstić information content (AvgIpc) is 3.24. The third-order valence-corrected chi connectivity index (χ3v) is 5.75. The second kappa shape index (κ2) is 9.53. The van der Waals surface area contributed by atoms with E-state index in [1.54, 1.807) is 20.8 Å². The third-order valence-electron chi connectivity index (χ3n) is 4.87. The van der Waals surface area contributed by atoms with Crippen molar-refractivity contribution in [1.82, 2.24) is 25.0 Å². The Hall–Kier alpha value is -3.53. The maximum absolute atomic E-state index is 13.2. The number of hydrogen-bond acceptors (Lipinski definition) is 6. The summed E-state index contributed by atoms with van der Waals surface area (Å²) >= 11 is 1.11. The van der Waals surface area contributed by atoms with Crippen LogP contribution in [-0.4, -0.2) is 25.9 Å². The van der Waals surface area contributed by atoms with Crippen LogP contribution in [0.1, 0.15) is 56.7 Å². The fourth-order valence-corrected chi connectivity index (χ4v) is 3.71. The zero-order valence-corrected chi connectivity index (χ0v) is 20.0. The number of benzene rings is 1. The summed E-state index contributed by atoms with van der Waals surface area (Å²) in [7, 11) is 0. The molecule has 0 saturated carbocycles. The number of hydrogen-bond donors (Lipinski definition) is 2. The number of carbonyl (C=O) groups is 2. The number of carbonyl (C=O) groups excluding carboxylic acids is 2. The first-order valence-electron chi connectivity index (χ1n) is 10.5. The lowest BCUT2D eigenvalue weighted by molar-refractivity contribution is -0.129. The van der Waals surface area contributed by atoms with Crippen LogP contribution < -0.4 is 22.1 Å². The SMILES string of the molecule is CC(C)n1cc(-c2nc(C(=O)NNC(=O)C(C)(C)C)cs2)c(=O)n(Cc2ccccc2)c1=O. The van der Waals surface area contributed by atoms with E-state index in [9.17, 15) is 19.2 Å². The van der Waals surface area contributed by atoms with Crippen LogP contribution in [0.3, 0.4) is 0 Å². The maximum Gasteiger partial charge on any atom is 0.331 e. The summed E-state index contributed by atoms with van der Waals surface area (Å²) < 4.78 is 2.65. The van der Waals surface area contributed by atoms with E-state index in [4.69, 9.17) is 0 Å². The van der Waals surface area contributed by atoms with Gasteiger partial charge in [0.05, 0.1) is 12.1 Å². The Morgan fingerprint density at radius 2 is 1.76 bits per heavy atom. The van der Waals surface area contributed by atoms with Crippen LogP contribution >= 0.6 is 11.3 Å². The Bertz CT molecular complexity index is 1280. The molecule has 9 nitrogen and oxygen atoms in total. The summed E-state index contributed by atoms with van der Waals surface area (Å²) in [5.74, 6) is -0.948. The topological polar surface area (TPSA) is 115 Å². The Morgan fingerprint density at radius 3 is 2.36 bits per heavy atom. The summed E-state index contributed by atoms with van der Waals surface area (Å²) in [4.78, 5) is 54.9. The standard InChI is InChI=1S/C23H27N5O4S/c1-14(2)27-12-16(20(30)28(22(27)32)11-15-9-7-6-8-10-15)19-24-17(13-33-19)18(29)25-26-21(31)23(3,4)5/h6-10,12-14H,11H2,1-5H3,(H,25,29)(H,26,31). The van der Waals surface area contributed by atoms with Gasteiger partial charge >= 0.3 is 5.69 Å². The van der Waals surface area contributed by atoms with Crippen LogP contribution in [0, 0.1) is 5.41 Å². The van der Waals surface area contributed by atoms with Crippen molar-refractivity contribution < 1.29 is 9.59 Å². The molecule has 2 amide bonds. The Kier molecular flexibility index (Phi) is 6.97. The van der Waals surface area contributed by atoms with Crippen LogP contribution in [0.5, 0.6) is 0 Å². The predicted molar refractivity (Wildman–Crippen MR) is 127 cm³/mol. The number of hydrazine groups is 1. The summed E-state index contributed by atoms with van der Waals surface area (Å²) in [6.45, 7) is 8.98. The van der Waals surface area contributed by atoms with Crippen molar-refractivity contribution in [2.24, 2.45) is 5.41 Å². The van der Waals surface area contributed by atoms with Crippen LogP contribution in [-0.2, 0) is 11.3 Å². The van der Waals surface area contributed by atoms with Crippen molar-refractivity contribution in [3.8, 4) is 10.6 Å². The highest BCUT2D eigenvalue weighted by atomic mass is 32.1. The molecule has 0 radical (unpaired) electrons. The van der Waals surface area contributed by atoms with E-state index in [-0.39, 0.29) is 29.8 Å². The van der Waals surface area contributed by atoms with Gasteiger partial charge in [0.2, 0.25) is 5.91 Å². The lowest BCUT2D eigenvalue weighted by Crippen LogP contribution is -2.46. The molecule has 0 unspecified atom stereocenters. The molecular weight excluding hydrogens is 442 g/mol. The highest BCUT2D eigenvalue weighted by Gasteiger charge is 2.23. The Labute approximate surface area is 195 Å². The average molecular weight is 470 g/mol. The second-order valence-electron chi connectivity index (χ2n) is 8.90. The van der Waals surface area contributed by atoms with E-state index in [2.05, 4.69) is 15.8 Å². The fraction of sp³-hybridized carbons (Fsp3) is 0.348. The minimum atomic E-state index is -0.672. The van der Waals surface area contributed by atoms with Crippen molar-refractivity contribution in [2.45, 2.75) is 47.2 Å². The van der Waals surface area contributed by atoms with Crippen molar-refractivity contribution in [3.05, 3.63) is 74.0 Å². The largest absolute Gasteiger partial charge is 0.331 e. The van der Waals surface area contributed by atoms with E-state index in [0.717, 1.165) is 16.9 Å². The number of nitrogens with one attached hydrogen (secondary N) is 2. The van der Waals surface area contributed by atoms with Gasteiger partial charge in [-0.1, -0.05) is 51.1 Å². The molecule has 0 fully saturated rings. The lowest BCUT2D eigenvalue weighted by atomic mass is 9.96. The molecule has 2 heterocycles. The van der Waals surface area contributed by atoms with Crippen LogP contribution in [0.15, 0.2) is 51.5 Å². The molecule has 10 heteroatoms. The van der Waals surface area contributed by atoms with E-state index in [0.29, 0.717) is 5.01 Å². The fourth-order valence-electron chi connectivity index (χ4n) is 2.91. The molecule has 0 aliphatic heterocycles. The highest BCUT2D eigenvalue weighted by Crippen LogP contribution is 2.21. The normalized spacial score (nSPS) is 11.5. The molecule has 3 aromatic rings. The summed E-state index contributed by atoms with van der Waals surface area (Å²) in [5, 5.41) is 1.81. The quantitative estimate of drug-likeness (QED) is 0.558. The molecule has 0 bridgehead atoms. The molecule has 3 rings (SSSR count). The van der Waals surface area contributed by atoms with E-state index >= 15 is 0 Å². The monoisotopic (exact) mass is 469 g/mol. The van der Waals surface area contributed by atoms with Gasteiger partial charge in [0, 0.05) is 23.0 Å². The maximum atomic E-state index is 13.2. The van der Waals surface area contributed by atoms with Gasteiger partial charge in [0.1, 0.15) is 10.7 Å². The first kappa shape index (κ1) is 24.1. The summed E-state index contributed by atoms with van der Waals surface area (Å²) in [5.41, 5.74) is 4.23. The van der Waals surface area contributed by atoms with E-state index in [1.165, 1.54) is 20.7 Å². The van der Waals surface area contributed by atoms with Gasteiger partial charge in [-0.3, -0.25) is 34.4 Å². The van der Waals surface area contributed by atoms with Crippen LogP contribution in [0.2, 0.25) is 0 Å². The van der Waals surface area contributed by atoms with Gasteiger partial charge in [-0.2, -0.15) is 0 Å². The molecular formula is C23H27N5O4S. The molecule has 33 heavy (non-hydrogen) atoms. The van der Waals surface area contributed by atoms with Crippen LogP contribution in [0.25, 0.3) is 10.6 Å². The number of rotatable bonds is 5. The third kappa shape index (κ3) is 5.46. The van der Waals surface area contributed by atoms with Gasteiger partial charge in [-0.15, -0.1) is 11.3 Å². The molecule has 0 aliphatic rings. The molecule has 0 spiro atoms. The predicted octanol–water partition coefficient (Wildman–Crippen LogP) is 2.57. The van der Waals surface area contributed by atoms with Gasteiger partial charge in [-0.25, -0.2) is 9.78 Å². The van der Waals surface area contributed by atoms with Gasteiger partial charge in [0.15, 0.2) is 0 Å². The van der Waals surface area contributed by atoms with Crippen molar-refractivity contribution in [1.29, 1.82) is 0 Å². The molecule has 0 aliphatic carbocycles. The van der Waals surface area contributed by atoms with Crippen molar-refractivity contribution in [2.75, 3.05) is 0 Å². The summed E-state index contributed by atoms with van der Waals surface area (Å²) in [6, 6.07) is 9.05. The smallest absolute Gasteiger partial charge is 0.297 e. The van der Waals surface area contributed by atoms with Gasteiger partial charge in [-0.05, 0) is 19.4 Å². The zero-order chi connectivity index (χ0) is 24.3. The van der Waals surface area contributed by atoms with Gasteiger partial charge in [0.25, 0.3) is 11.5 Å². The molecule has 0 atom stereocenters. The Balaban J connectivity index is 1.96. The summed E-state index contributed by atoms with van der Waals surface area (Å²) in [6.07, 6.45) is 1.48. The zero-order valence-electron chi connectivity index (χ0n) is 19.2. The van der Waals surface area contributed by atoms with Crippen molar-refractivity contribution >= 4 is 23.2 Å². The van der Waals surface area contributed by atoms with E-state index < -0.39 is 22.6 Å². The second-order valence-corrected chi connectivity index (χ2v) is 9.76. The number of nitrogens with zero attached hydrogens (tertiary/aromatic N) is 3. The number of aromatic nitrogens is 3. The molecule has 1 aromatic carbocycles. The molecule has 0 saturated heterocycles. The molecule has 2 N–H and O–H groups in total. The Morgan fingerprint density at radius 1 is 1.09 bits per heavy atom. The van der Waals surface area contributed by atoms with E-state index in [1.807, 2.05) is 44.2 Å². The molecule has 2 aromatic heterocycles. The first-order chi connectivity index (χ1) is 15.5. The van der Waals surface area contributed by atoms with Crippen molar-refractivity contribution in [3.63, 3.8) is 0 Å². The highest BCUT2D eigenvalue weighted by molar-refractivity contribution is 7.13. The van der Waals surface area contributed by atoms with Gasteiger partial charge < -0.3 is 0 Å².